The van der Waals surface area contributed by atoms with Crippen LogP contribution in [0.15, 0.2) is 30.3 Å². The number of nitrogens with zero attached hydrogens (tertiary/aromatic N) is 4. The molecule has 1 N–H and O–H groups in total. The number of likely N-dealkylation sites (tertiary alicyclic amines) is 1. The second kappa shape index (κ2) is 11.6. The Morgan fingerprint density at radius 1 is 1.08 bits per heavy atom. The summed E-state index contributed by atoms with van der Waals surface area (Å²) < 4.78 is 7.32. The van der Waals surface area contributed by atoms with E-state index >= 15 is 0 Å². The van der Waals surface area contributed by atoms with E-state index in [-0.39, 0.29) is 30.2 Å². The Morgan fingerprint density at radius 2 is 1.74 bits per heavy atom. The third-order valence-corrected chi connectivity index (χ3v) is 7.01. The maximum absolute atomic E-state index is 12.8. The smallest absolute Gasteiger partial charge is 0.410 e. The summed E-state index contributed by atoms with van der Waals surface area (Å²) >= 11 is 0. The lowest BCUT2D eigenvalue weighted by molar-refractivity contribution is -0.126. The Bertz CT molecular complexity index is 1360. The summed E-state index contributed by atoms with van der Waals surface area (Å²) in [6, 6.07) is 9.55. The van der Waals surface area contributed by atoms with Gasteiger partial charge in [0.25, 0.3) is 0 Å². The molecule has 0 radical (unpaired) electrons. The van der Waals surface area contributed by atoms with E-state index in [1.54, 1.807) is 4.90 Å². The zero-order valence-electron chi connectivity index (χ0n) is 23.8. The first-order valence-corrected chi connectivity index (χ1v) is 13.7. The van der Waals surface area contributed by atoms with Crippen molar-refractivity contribution in [3.8, 4) is 0 Å². The molecule has 1 fully saturated rings. The maximum atomic E-state index is 12.8. The van der Waals surface area contributed by atoms with Crippen molar-refractivity contribution in [2.75, 3.05) is 19.6 Å². The van der Waals surface area contributed by atoms with Crippen LogP contribution in [0, 0.1) is 19.8 Å². The summed E-state index contributed by atoms with van der Waals surface area (Å²) in [6.07, 6.45) is 2.23. The Balaban J connectivity index is 1.31. The van der Waals surface area contributed by atoms with Crippen molar-refractivity contribution in [2.24, 2.45) is 5.92 Å². The largest absolute Gasteiger partial charge is 0.444 e. The highest BCUT2D eigenvalue weighted by atomic mass is 16.6. The van der Waals surface area contributed by atoms with Gasteiger partial charge in [0, 0.05) is 47.9 Å². The van der Waals surface area contributed by atoms with Crippen LogP contribution in [0.3, 0.4) is 0 Å². The van der Waals surface area contributed by atoms with Crippen molar-refractivity contribution >= 4 is 23.4 Å². The molecule has 1 aliphatic heterocycles. The fourth-order valence-corrected chi connectivity index (χ4v) is 4.95. The summed E-state index contributed by atoms with van der Waals surface area (Å²) in [5.74, 6) is -0.514. The van der Waals surface area contributed by atoms with Crippen LogP contribution in [0.5, 0.6) is 0 Å². The number of amides is 2. The number of benzene rings is 1. The van der Waals surface area contributed by atoms with Crippen LogP contribution in [-0.2, 0) is 22.4 Å². The van der Waals surface area contributed by atoms with Crippen molar-refractivity contribution < 1.29 is 19.1 Å². The molecule has 4 rings (SSSR count). The quantitative estimate of drug-likeness (QED) is 0.450. The molecule has 0 atom stereocenters. The molecule has 0 bridgehead atoms. The Labute approximate surface area is 229 Å². The van der Waals surface area contributed by atoms with Crippen molar-refractivity contribution in [3.63, 3.8) is 0 Å². The Kier molecular flexibility index (Phi) is 8.37. The summed E-state index contributed by atoms with van der Waals surface area (Å²) in [6.45, 7) is 12.5. The lowest BCUT2D eigenvalue weighted by Crippen LogP contribution is -2.45. The number of rotatable bonds is 7. The van der Waals surface area contributed by atoms with Gasteiger partial charge in [-0.05, 0) is 65.5 Å². The van der Waals surface area contributed by atoms with Crippen LogP contribution in [0.4, 0.5) is 4.79 Å². The predicted octanol–water partition coefficient (Wildman–Crippen LogP) is 4.45. The van der Waals surface area contributed by atoms with Crippen LogP contribution in [0.1, 0.15) is 79.1 Å². The topological polar surface area (TPSA) is 106 Å². The Morgan fingerprint density at radius 3 is 2.36 bits per heavy atom. The van der Waals surface area contributed by atoms with Crippen LogP contribution < -0.4 is 5.32 Å². The second-order valence-electron chi connectivity index (χ2n) is 11.3. The van der Waals surface area contributed by atoms with E-state index in [0.29, 0.717) is 37.9 Å². The lowest BCUT2D eigenvalue weighted by atomic mass is 9.96. The zero-order valence-corrected chi connectivity index (χ0v) is 23.8. The molecule has 208 valence electrons. The number of carbonyl (C=O) groups excluding carboxylic acids is 3. The van der Waals surface area contributed by atoms with E-state index in [9.17, 15) is 14.4 Å². The van der Waals surface area contributed by atoms with Gasteiger partial charge in [-0.25, -0.2) is 14.3 Å². The molecule has 0 unspecified atom stereocenters. The number of piperidine rings is 1. The average molecular weight is 534 g/mol. The minimum atomic E-state index is -0.550. The summed E-state index contributed by atoms with van der Waals surface area (Å²) in [4.78, 5) is 44.1. The van der Waals surface area contributed by atoms with Gasteiger partial charge < -0.3 is 15.0 Å². The first kappa shape index (κ1) is 28.3. The number of aryl methyl sites for hydroxylation is 3. The normalized spacial score (nSPS) is 14.5. The molecule has 39 heavy (non-hydrogen) atoms. The molecular formula is C30H39N5O4. The van der Waals surface area contributed by atoms with Crippen LogP contribution >= 0.6 is 0 Å². The number of ether oxygens (including phenoxy) is 1. The van der Waals surface area contributed by atoms with Gasteiger partial charge in [-0.3, -0.25) is 9.59 Å². The van der Waals surface area contributed by atoms with Crippen molar-refractivity contribution in [1.82, 2.24) is 24.8 Å². The number of Topliss-reactive ketones (excluding diaryl/α,β-unsaturated/α-hetero) is 1. The number of nitrogens with one attached hydrogen (secondary N) is 1. The van der Waals surface area contributed by atoms with E-state index in [1.807, 2.05) is 69.5 Å². The molecule has 0 saturated carbocycles. The third kappa shape index (κ3) is 6.82. The number of ketones is 1. The van der Waals surface area contributed by atoms with Gasteiger partial charge in [0.05, 0.1) is 12.2 Å². The van der Waals surface area contributed by atoms with Crippen molar-refractivity contribution in [1.29, 1.82) is 0 Å². The fourth-order valence-electron chi connectivity index (χ4n) is 4.95. The zero-order chi connectivity index (χ0) is 28.3. The molecular weight excluding hydrogens is 494 g/mol. The van der Waals surface area contributed by atoms with E-state index in [0.717, 1.165) is 40.3 Å². The first-order valence-electron chi connectivity index (χ1n) is 13.7. The van der Waals surface area contributed by atoms with Gasteiger partial charge in [-0.15, -0.1) is 0 Å². The molecule has 9 nitrogen and oxygen atoms in total. The van der Waals surface area contributed by atoms with E-state index in [2.05, 4.69) is 12.2 Å². The average Bonchev–Trinajstić information content (AvgIpc) is 3.24. The molecule has 1 aromatic carbocycles. The summed E-state index contributed by atoms with van der Waals surface area (Å²) in [5.41, 5.74) is 6.09. The Hall–Kier alpha value is -3.75. The number of hydrogen-bond donors (Lipinski definition) is 1. The SMILES string of the molecule is CCc1nn2c(C)cc(C)nc2c1Cc1ccc(C(=O)CNC(=O)C2CCN(C(=O)OC(C)(C)C)CC2)cc1. The van der Waals surface area contributed by atoms with E-state index in [4.69, 9.17) is 14.8 Å². The highest BCUT2D eigenvalue weighted by molar-refractivity contribution is 5.99. The molecule has 9 heteroatoms. The lowest BCUT2D eigenvalue weighted by Gasteiger charge is -2.32. The van der Waals surface area contributed by atoms with Gasteiger partial charge in [0.1, 0.15) is 5.60 Å². The monoisotopic (exact) mass is 533 g/mol. The molecule has 2 amide bonds. The van der Waals surface area contributed by atoms with Gasteiger partial charge >= 0.3 is 6.09 Å². The van der Waals surface area contributed by atoms with Gasteiger partial charge in [0.2, 0.25) is 5.91 Å². The summed E-state index contributed by atoms with van der Waals surface area (Å²) in [7, 11) is 0. The standard InChI is InChI=1S/C30H39N5O4/c1-7-25-24(27-32-19(2)16-20(3)35(27)33-25)17-21-8-10-22(11-9-21)26(36)18-31-28(37)23-12-14-34(15-13-23)29(38)39-30(4,5)6/h8-11,16,23H,7,12-15,17-18H2,1-6H3,(H,31,37). The number of hydrogen-bond acceptors (Lipinski definition) is 6. The fraction of sp³-hybridized carbons (Fsp3) is 0.500. The summed E-state index contributed by atoms with van der Waals surface area (Å²) in [5, 5.41) is 7.54. The van der Waals surface area contributed by atoms with Crippen LogP contribution in [0.2, 0.25) is 0 Å². The maximum Gasteiger partial charge on any atom is 0.410 e. The molecule has 0 spiro atoms. The number of carbonyl (C=O) groups is 3. The minimum Gasteiger partial charge on any atom is -0.444 e. The molecule has 3 aromatic rings. The molecule has 1 aliphatic rings. The predicted molar refractivity (Wildman–Crippen MR) is 149 cm³/mol. The van der Waals surface area contributed by atoms with E-state index < -0.39 is 5.60 Å². The van der Waals surface area contributed by atoms with Gasteiger partial charge in [-0.2, -0.15) is 5.10 Å². The number of aromatic nitrogens is 3. The molecule has 0 aliphatic carbocycles. The number of fused-ring (bicyclic) bond motifs is 1. The van der Waals surface area contributed by atoms with Gasteiger partial charge in [0.15, 0.2) is 11.4 Å². The molecule has 2 aromatic heterocycles. The highest BCUT2D eigenvalue weighted by Crippen LogP contribution is 2.22. The molecule has 3 heterocycles. The van der Waals surface area contributed by atoms with Crippen molar-refractivity contribution in [3.05, 3.63) is 64.1 Å². The van der Waals surface area contributed by atoms with E-state index in [1.165, 1.54) is 0 Å². The van der Waals surface area contributed by atoms with Crippen molar-refractivity contribution in [2.45, 2.75) is 72.8 Å². The second-order valence-corrected chi connectivity index (χ2v) is 11.3. The third-order valence-electron chi connectivity index (χ3n) is 7.01. The highest BCUT2D eigenvalue weighted by Gasteiger charge is 2.30. The minimum absolute atomic E-state index is 0.0546. The first-order chi connectivity index (χ1) is 18.4. The van der Waals surface area contributed by atoms with Crippen LogP contribution in [-0.4, -0.2) is 62.5 Å². The molecule has 1 saturated heterocycles. The van der Waals surface area contributed by atoms with Gasteiger partial charge in [-0.1, -0.05) is 31.2 Å². The van der Waals surface area contributed by atoms with Crippen LogP contribution in [0.25, 0.3) is 5.65 Å².